The van der Waals surface area contributed by atoms with Crippen LogP contribution in [0.2, 0.25) is 5.02 Å². The predicted octanol–water partition coefficient (Wildman–Crippen LogP) is 4.80. The Labute approximate surface area is 123 Å². The highest BCUT2D eigenvalue weighted by Crippen LogP contribution is 2.23. The van der Waals surface area contributed by atoms with Gasteiger partial charge >= 0.3 is 0 Å². The lowest BCUT2D eigenvalue weighted by Gasteiger charge is -2.09. The van der Waals surface area contributed by atoms with Gasteiger partial charge in [-0.05, 0) is 58.7 Å². The minimum absolute atomic E-state index is 0.159. The lowest BCUT2D eigenvalue weighted by atomic mass is 10.2. The van der Waals surface area contributed by atoms with Gasteiger partial charge in [-0.1, -0.05) is 17.7 Å². The zero-order chi connectivity index (χ0) is 14.0. The van der Waals surface area contributed by atoms with Crippen molar-refractivity contribution >= 4 is 39.1 Å². The van der Waals surface area contributed by atoms with Gasteiger partial charge in [0.2, 0.25) is 0 Å². The van der Waals surface area contributed by atoms with Crippen molar-refractivity contribution in [2.75, 3.05) is 5.32 Å². The number of carbonyl (C=O) groups excluding carboxylic acids is 1. The molecule has 0 atom stereocenters. The lowest BCUT2D eigenvalue weighted by molar-refractivity contribution is 0.102. The molecule has 1 N–H and O–H groups in total. The standard InChI is InChI=1S/C14H10BrClFNO/c1-8-2-5-12(17)13(6-8)18-14(19)10-4-3-9(16)7-11(10)15/h2-7H,1H3,(H,18,19). The van der Waals surface area contributed by atoms with Gasteiger partial charge in [0.1, 0.15) is 5.82 Å². The van der Waals surface area contributed by atoms with E-state index in [0.717, 1.165) is 5.56 Å². The van der Waals surface area contributed by atoms with Gasteiger partial charge in [0.15, 0.2) is 0 Å². The number of aryl methyl sites for hydroxylation is 1. The topological polar surface area (TPSA) is 29.1 Å². The Morgan fingerprint density at radius 2 is 2.00 bits per heavy atom. The van der Waals surface area contributed by atoms with Crippen molar-refractivity contribution in [3.63, 3.8) is 0 Å². The summed E-state index contributed by atoms with van der Waals surface area (Å²) < 4.78 is 14.1. The van der Waals surface area contributed by atoms with E-state index in [9.17, 15) is 9.18 Å². The molecule has 2 aromatic carbocycles. The molecule has 0 aliphatic carbocycles. The second-order valence-electron chi connectivity index (χ2n) is 4.06. The van der Waals surface area contributed by atoms with Crippen LogP contribution < -0.4 is 5.32 Å². The van der Waals surface area contributed by atoms with E-state index >= 15 is 0 Å². The van der Waals surface area contributed by atoms with E-state index in [0.29, 0.717) is 15.1 Å². The Bertz CT molecular complexity index is 645. The Balaban J connectivity index is 2.28. The quantitative estimate of drug-likeness (QED) is 0.834. The first kappa shape index (κ1) is 14.0. The summed E-state index contributed by atoms with van der Waals surface area (Å²) in [7, 11) is 0. The second-order valence-corrected chi connectivity index (χ2v) is 5.35. The first-order chi connectivity index (χ1) is 8.97. The Morgan fingerprint density at radius 1 is 1.26 bits per heavy atom. The highest BCUT2D eigenvalue weighted by Gasteiger charge is 2.12. The molecule has 5 heteroatoms. The van der Waals surface area contributed by atoms with Gasteiger partial charge in [-0.15, -0.1) is 0 Å². The molecule has 0 radical (unpaired) electrons. The average molecular weight is 343 g/mol. The van der Waals surface area contributed by atoms with Crippen LogP contribution in [0.3, 0.4) is 0 Å². The summed E-state index contributed by atoms with van der Waals surface area (Å²) in [4.78, 5) is 12.1. The summed E-state index contributed by atoms with van der Waals surface area (Å²) in [5.41, 5.74) is 1.42. The van der Waals surface area contributed by atoms with Gasteiger partial charge in [0.05, 0.1) is 11.3 Å². The number of anilines is 1. The van der Waals surface area contributed by atoms with Crippen molar-refractivity contribution in [3.05, 3.63) is 62.8 Å². The molecule has 2 aromatic rings. The fourth-order valence-electron chi connectivity index (χ4n) is 1.60. The van der Waals surface area contributed by atoms with Gasteiger partial charge in [-0.25, -0.2) is 4.39 Å². The molecule has 0 aromatic heterocycles. The van der Waals surface area contributed by atoms with Crippen molar-refractivity contribution in [3.8, 4) is 0 Å². The zero-order valence-electron chi connectivity index (χ0n) is 10.0. The van der Waals surface area contributed by atoms with E-state index in [1.54, 1.807) is 30.3 Å². The van der Waals surface area contributed by atoms with Crippen LogP contribution in [-0.2, 0) is 0 Å². The molecule has 19 heavy (non-hydrogen) atoms. The van der Waals surface area contributed by atoms with Gasteiger partial charge in [-0.2, -0.15) is 0 Å². The smallest absolute Gasteiger partial charge is 0.256 e. The summed E-state index contributed by atoms with van der Waals surface area (Å²) in [5, 5.41) is 3.06. The maximum atomic E-state index is 13.6. The Kier molecular flexibility index (Phi) is 4.22. The molecule has 0 saturated carbocycles. The monoisotopic (exact) mass is 341 g/mol. The second kappa shape index (κ2) is 5.72. The minimum Gasteiger partial charge on any atom is -0.319 e. The van der Waals surface area contributed by atoms with E-state index in [1.807, 2.05) is 6.92 Å². The molecule has 0 fully saturated rings. The molecule has 0 aliphatic heterocycles. The maximum absolute atomic E-state index is 13.6. The number of halogens is 3. The first-order valence-electron chi connectivity index (χ1n) is 5.50. The van der Waals surface area contributed by atoms with E-state index in [1.165, 1.54) is 6.07 Å². The number of benzene rings is 2. The Morgan fingerprint density at radius 3 is 2.68 bits per heavy atom. The van der Waals surface area contributed by atoms with Gasteiger partial charge < -0.3 is 5.32 Å². The molecule has 0 aliphatic rings. The number of hydrogen-bond acceptors (Lipinski definition) is 1. The van der Waals surface area contributed by atoms with Gasteiger partial charge in [-0.3, -0.25) is 4.79 Å². The number of amides is 1. The molecule has 0 saturated heterocycles. The van der Waals surface area contributed by atoms with Crippen LogP contribution >= 0.6 is 27.5 Å². The van der Waals surface area contributed by atoms with E-state index in [-0.39, 0.29) is 5.69 Å². The van der Waals surface area contributed by atoms with E-state index < -0.39 is 11.7 Å². The van der Waals surface area contributed by atoms with Gasteiger partial charge in [0.25, 0.3) is 5.91 Å². The summed E-state index contributed by atoms with van der Waals surface area (Å²) in [6, 6.07) is 9.34. The SMILES string of the molecule is Cc1ccc(F)c(NC(=O)c2ccc(Cl)cc2Br)c1. The fraction of sp³-hybridized carbons (Fsp3) is 0.0714. The molecule has 98 valence electrons. The molecule has 0 bridgehead atoms. The average Bonchev–Trinajstić information content (AvgIpc) is 2.33. The predicted molar refractivity (Wildman–Crippen MR) is 78.2 cm³/mol. The fourth-order valence-corrected chi connectivity index (χ4v) is 2.46. The minimum atomic E-state index is -0.468. The number of hydrogen-bond donors (Lipinski definition) is 1. The molecular weight excluding hydrogens is 333 g/mol. The van der Waals surface area contributed by atoms with Crippen LogP contribution in [0.5, 0.6) is 0 Å². The van der Waals surface area contributed by atoms with Crippen molar-refractivity contribution in [1.29, 1.82) is 0 Å². The molecule has 2 nitrogen and oxygen atoms in total. The molecule has 2 rings (SSSR count). The Hall–Kier alpha value is -1.39. The van der Waals surface area contributed by atoms with Crippen LogP contribution in [0.15, 0.2) is 40.9 Å². The summed E-state index contributed by atoms with van der Waals surface area (Å²) >= 11 is 9.06. The highest BCUT2D eigenvalue weighted by molar-refractivity contribution is 9.10. The van der Waals surface area contributed by atoms with Crippen molar-refractivity contribution in [2.45, 2.75) is 6.92 Å². The van der Waals surface area contributed by atoms with Crippen molar-refractivity contribution in [2.24, 2.45) is 0 Å². The number of carbonyl (C=O) groups is 1. The third-order valence-electron chi connectivity index (χ3n) is 2.55. The lowest BCUT2D eigenvalue weighted by Crippen LogP contribution is -2.13. The molecule has 0 heterocycles. The molecular formula is C14H10BrClFNO. The highest BCUT2D eigenvalue weighted by atomic mass is 79.9. The summed E-state index contributed by atoms with van der Waals surface area (Å²) in [6.45, 7) is 1.83. The van der Waals surface area contributed by atoms with Gasteiger partial charge in [0, 0.05) is 9.50 Å². The third kappa shape index (κ3) is 3.33. The van der Waals surface area contributed by atoms with E-state index in [2.05, 4.69) is 21.2 Å². The third-order valence-corrected chi connectivity index (χ3v) is 3.44. The van der Waals surface area contributed by atoms with Crippen LogP contribution in [0, 0.1) is 12.7 Å². The van der Waals surface area contributed by atoms with E-state index in [4.69, 9.17) is 11.6 Å². The van der Waals surface area contributed by atoms with Crippen LogP contribution in [0.4, 0.5) is 10.1 Å². The largest absolute Gasteiger partial charge is 0.319 e. The molecule has 0 unspecified atom stereocenters. The molecule has 1 amide bonds. The summed E-state index contributed by atoms with van der Waals surface area (Å²) in [5.74, 6) is -0.864. The zero-order valence-corrected chi connectivity index (χ0v) is 12.3. The summed E-state index contributed by atoms with van der Waals surface area (Å²) in [6.07, 6.45) is 0. The van der Waals surface area contributed by atoms with Crippen LogP contribution in [0.25, 0.3) is 0 Å². The van der Waals surface area contributed by atoms with Crippen LogP contribution in [-0.4, -0.2) is 5.91 Å². The number of nitrogens with one attached hydrogen (secondary N) is 1. The number of rotatable bonds is 2. The maximum Gasteiger partial charge on any atom is 0.256 e. The first-order valence-corrected chi connectivity index (χ1v) is 6.67. The van der Waals surface area contributed by atoms with Crippen molar-refractivity contribution < 1.29 is 9.18 Å². The van der Waals surface area contributed by atoms with Crippen LogP contribution in [0.1, 0.15) is 15.9 Å². The molecule has 0 spiro atoms. The van der Waals surface area contributed by atoms with Crippen molar-refractivity contribution in [1.82, 2.24) is 0 Å². The normalized spacial score (nSPS) is 10.3.